The third-order valence-electron chi connectivity index (χ3n) is 4.93. The van der Waals surface area contributed by atoms with Crippen LogP contribution < -0.4 is 0 Å². The van der Waals surface area contributed by atoms with Crippen molar-refractivity contribution < 1.29 is 13.7 Å². The molecular weight excluding hydrogens is 295 g/mol. The quantitative estimate of drug-likeness (QED) is 0.870. The Kier molecular flexibility index (Phi) is 3.43. The van der Waals surface area contributed by atoms with Gasteiger partial charge < -0.3 is 9.42 Å². The van der Waals surface area contributed by atoms with E-state index in [0.717, 1.165) is 42.8 Å². The first kappa shape index (κ1) is 14.4. The van der Waals surface area contributed by atoms with Gasteiger partial charge >= 0.3 is 0 Å². The van der Waals surface area contributed by atoms with Crippen molar-refractivity contribution in [3.05, 3.63) is 53.2 Å². The highest BCUT2D eigenvalue weighted by molar-refractivity contribution is 5.83. The predicted molar refractivity (Wildman–Crippen MR) is 82.2 cm³/mol. The van der Waals surface area contributed by atoms with Gasteiger partial charge in [-0.3, -0.25) is 4.79 Å². The first-order valence-corrected chi connectivity index (χ1v) is 8.12. The fourth-order valence-corrected chi connectivity index (χ4v) is 3.64. The molecule has 2 fully saturated rings. The van der Waals surface area contributed by atoms with Crippen LogP contribution in [0.15, 0.2) is 34.9 Å². The summed E-state index contributed by atoms with van der Waals surface area (Å²) in [4.78, 5) is 14.8. The van der Waals surface area contributed by atoms with Crippen molar-refractivity contribution in [1.82, 2.24) is 10.1 Å². The van der Waals surface area contributed by atoms with Crippen molar-refractivity contribution in [2.24, 2.45) is 5.92 Å². The van der Waals surface area contributed by atoms with Crippen LogP contribution in [-0.4, -0.2) is 22.5 Å². The van der Waals surface area contributed by atoms with Gasteiger partial charge in [-0.05, 0) is 49.8 Å². The highest BCUT2D eigenvalue weighted by atomic mass is 19.1. The molecule has 1 saturated carbocycles. The summed E-state index contributed by atoms with van der Waals surface area (Å²) in [5.74, 6) is 0.980. The third-order valence-corrected chi connectivity index (χ3v) is 4.93. The number of carbonyl (C=O) groups is 1. The Morgan fingerprint density at radius 2 is 2.13 bits per heavy atom. The van der Waals surface area contributed by atoms with Crippen LogP contribution in [0.25, 0.3) is 0 Å². The predicted octanol–water partition coefficient (Wildman–Crippen LogP) is 3.59. The van der Waals surface area contributed by atoms with Gasteiger partial charge in [-0.25, -0.2) is 4.39 Å². The van der Waals surface area contributed by atoms with E-state index in [2.05, 4.69) is 5.16 Å². The van der Waals surface area contributed by atoms with E-state index in [1.807, 2.05) is 17.9 Å². The Balaban J connectivity index is 1.48. The van der Waals surface area contributed by atoms with Gasteiger partial charge in [-0.15, -0.1) is 0 Å². The summed E-state index contributed by atoms with van der Waals surface area (Å²) in [6.45, 7) is 2.64. The molecule has 0 spiro atoms. The Bertz CT molecular complexity index is 725. The Labute approximate surface area is 134 Å². The number of benzene rings is 1. The van der Waals surface area contributed by atoms with Gasteiger partial charge in [0.1, 0.15) is 17.3 Å². The van der Waals surface area contributed by atoms with Gasteiger partial charge in [0.05, 0.1) is 6.04 Å². The number of carbonyl (C=O) groups excluding carboxylic acids is 1. The van der Waals surface area contributed by atoms with Crippen LogP contribution in [0.1, 0.15) is 48.2 Å². The fraction of sp³-hybridized carbons (Fsp3) is 0.444. The smallest absolute Gasteiger partial charge is 0.226 e. The number of rotatable bonds is 3. The number of hydrogen-bond donors (Lipinski definition) is 0. The maximum atomic E-state index is 13.0. The number of aromatic nitrogens is 1. The summed E-state index contributed by atoms with van der Waals surface area (Å²) in [5.41, 5.74) is 1.91. The highest BCUT2D eigenvalue weighted by Gasteiger charge is 2.48. The van der Waals surface area contributed by atoms with E-state index in [1.54, 1.807) is 12.1 Å². The summed E-state index contributed by atoms with van der Waals surface area (Å²) in [5, 5.41) is 4.09. The molecule has 0 unspecified atom stereocenters. The molecule has 5 heteroatoms. The van der Waals surface area contributed by atoms with Crippen LogP contribution in [0.2, 0.25) is 0 Å². The van der Waals surface area contributed by atoms with Gasteiger partial charge in [0.15, 0.2) is 0 Å². The fourth-order valence-electron chi connectivity index (χ4n) is 3.64. The number of halogens is 1. The molecule has 1 aromatic carbocycles. The molecule has 4 nitrogen and oxygen atoms in total. The average molecular weight is 314 g/mol. The van der Waals surface area contributed by atoms with Crippen molar-refractivity contribution in [3.8, 4) is 0 Å². The number of aryl methyl sites for hydroxylation is 1. The Hall–Kier alpha value is -2.17. The molecule has 2 heterocycles. The Morgan fingerprint density at radius 3 is 2.83 bits per heavy atom. The topological polar surface area (TPSA) is 46.3 Å². The van der Waals surface area contributed by atoms with Crippen molar-refractivity contribution in [2.45, 2.75) is 38.1 Å². The lowest BCUT2D eigenvalue weighted by Crippen LogP contribution is -2.32. The summed E-state index contributed by atoms with van der Waals surface area (Å²) >= 11 is 0. The number of amides is 1. The van der Waals surface area contributed by atoms with Crippen LogP contribution in [-0.2, 0) is 4.79 Å². The minimum Gasteiger partial charge on any atom is -0.361 e. The van der Waals surface area contributed by atoms with Gasteiger partial charge in [0, 0.05) is 18.5 Å². The standard InChI is InChI=1S/C18H19FN2O2/c1-11-9-16(20-23-11)17-3-2-8-21(17)18(22)15-10-14(15)12-4-6-13(19)7-5-12/h4-7,9,14-15,17H,2-3,8,10H2,1H3/t14-,15+,17+/m1/s1. The molecule has 0 N–H and O–H groups in total. The summed E-state index contributed by atoms with van der Waals surface area (Å²) in [6, 6.07) is 8.46. The van der Waals surface area contributed by atoms with Crippen LogP contribution >= 0.6 is 0 Å². The molecule has 3 atom stereocenters. The minimum atomic E-state index is -0.238. The molecular formula is C18H19FN2O2. The first-order valence-electron chi connectivity index (χ1n) is 8.12. The molecule has 120 valence electrons. The largest absolute Gasteiger partial charge is 0.361 e. The van der Waals surface area contributed by atoms with E-state index in [4.69, 9.17) is 4.52 Å². The van der Waals surface area contributed by atoms with Crippen molar-refractivity contribution >= 4 is 5.91 Å². The van der Waals surface area contributed by atoms with Crippen molar-refractivity contribution in [1.29, 1.82) is 0 Å². The van der Waals surface area contributed by atoms with Gasteiger partial charge in [-0.1, -0.05) is 17.3 Å². The molecule has 0 bridgehead atoms. The lowest BCUT2D eigenvalue weighted by molar-refractivity contribution is -0.133. The Morgan fingerprint density at radius 1 is 1.35 bits per heavy atom. The SMILES string of the molecule is Cc1cc([C@@H]2CCCN2C(=O)[C@H]2C[C@@H]2c2ccc(F)cc2)no1. The van der Waals surface area contributed by atoms with Crippen LogP contribution in [0.3, 0.4) is 0 Å². The van der Waals surface area contributed by atoms with Crippen LogP contribution in [0.4, 0.5) is 4.39 Å². The summed E-state index contributed by atoms with van der Waals surface area (Å²) in [6.07, 6.45) is 2.79. The lowest BCUT2D eigenvalue weighted by atomic mass is 10.1. The van der Waals surface area contributed by atoms with E-state index in [-0.39, 0.29) is 29.6 Å². The number of hydrogen-bond acceptors (Lipinski definition) is 3. The normalized spacial score (nSPS) is 26.5. The van der Waals surface area contributed by atoms with E-state index >= 15 is 0 Å². The van der Waals surface area contributed by atoms with Gasteiger partial charge in [0.2, 0.25) is 5.91 Å². The molecule has 1 amide bonds. The summed E-state index contributed by atoms with van der Waals surface area (Å²) < 4.78 is 18.2. The van der Waals surface area contributed by atoms with E-state index < -0.39 is 0 Å². The average Bonchev–Trinajstić information content (AvgIpc) is 2.98. The highest BCUT2D eigenvalue weighted by Crippen LogP contribution is 2.50. The molecule has 2 aromatic rings. The molecule has 4 rings (SSSR count). The van der Waals surface area contributed by atoms with Gasteiger partial charge in [-0.2, -0.15) is 0 Å². The maximum Gasteiger partial charge on any atom is 0.226 e. The second-order valence-corrected chi connectivity index (χ2v) is 6.55. The second kappa shape index (κ2) is 5.48. The molecule has 0 radical (unpaired) electrons. The molecule has 1 aromatic heterocycles. The monoisotopic (exact) mass is 314 g/mol. The third kappa shape index (κ3) is 2.64. The molecule has 1 aliphatic carbocycles. The lowest BCUT2D eigenvalue weighted by Gasteiger charge is -2.23. The van der Waals surface area contributed by atoms with Crippen LogP contribution in [0.5, 0.6) is 0 Å². The molecule has 2 aliphatic rings. The van der Waals surface area contributed by atoms with E-state index in [0.29, 0.717) is 0 Å². The zero-order valence-electron chi connectivity index (χ0n) is 13.0. The summed E-state index contributed by atoms with van der Waals surface area (Å²) in [7, 11) is 0. The van der Waals surface area contributed by atoms with E-state index in [9.17, 15) is 9.18 Å². The molecule has 23 heavy (non-hydrogen) atoms. The first-order chi connectivity index (χ1) is 11.1. The van der Waals surface area contributed by atoms with E-state index in [1.165, 1.54) is 12.1 Å². The zero-order chi connectivity index (χ0) is 16.0. The van der Waals surface area contributed by atoms with Crippen molar-refractivity contribution in [3.63, 3.8) is 0 Å². The minimum absolute atomic E-state index is 0.0223. The second-order valence-electron chi connectivity index (χ2n) is 6.55. The van der Waals surface area contributed by atoms with Crippen LogP contribution in [0, 0.1) is 18.7 Å². The maximum absolute atomic E-state index is 13.0. The van der Waals surface area contributed by atoms with Crippen molar-refractivity contribution in [2.75, 3.05) is 6.54 Å². The molecule has 1 aliphatic heterocycles. The molecule has 1 saturated heterocycles. The number of nitrogens with zero attached hydrogens (tertiary/aromatic N) is 2. The number of likely N-dealkylation sites (tertiary alicyclic amines) is 1. The van der Waals surface area contributed by atoms with Gasteiger partial charge in [0.25, 0.3) is 0 Å². The zero-order valence-corrected chi connectivity index (χ0v) is 13.0.